The Bertz CT molecular complexity index is 425. The van der Waals surface area contributed by atoms with Crippen LogP contribution in [0.2, 0.25) is 0 Å². The van der Waals surface area contributed by atoms with Crippen LogP contribution >= 0.6 is 15.9 Å². The monoisotopic (exact) mass is 315 g/mol. The van der Waals surface area contributed by atoms with Crippen LogP contribution in [0.15, 0.2) is 10.8 Å². The van der Waals surface area contributed by atoms with E-state index in [0.29, 0.717) is 13.1 Å². The van der Waals surface area contributed by atoms with E-state index in [-0.39, 0.29) is 6.09 Å². The summed E-state index contributed by atoms with van der Waals surface area (Å²) in [6.07, 6.45) is 2.46. The highest BCUT2D eigenvalue weighted by Gasteiger charge is 2.24. The zero-order valence-electron chi connectivity index (χ0n) is 10.9. The van der Waals surface area contributed by atoms with Crippen molar-refractivity contribution in [2.75, 3.05) is 13.1 Å². The molecule has 0 radical (unpaired) electrons. The largest absolute Gasteiger partial charge is 0.444 e. The van der Waals surface area contributed by atoms with Crippen molar-refractivity contribution in [2.24, 2.45) is 0 Å². The van der Waals surface area contributed by atoms with Crippen LogP contribution in [-0.4, -0.2) is 39.2 Å². The average Bonchev–Trinajstić information content (AvgIpc) is 2.45. The predicted molar refractivity (Wildman–Crippen MR) is 71.4 cm³/mol. The van der Waals surface area contributed by atoms with E-state index in [1.807, 2.05) is 27.0 Å². The molecule has 0 unspecified atom stereocenters. The van der Waals surface area contributed by atoms with Crippen LogP contribution in [0.3, 0.4) is 0 Å². The topological polar surface area (TPSA) is 47.4 Å². The zero-order chi connectivity index (χ0) is 13.3. The molecule has 2 heterocycles. The molecule has 0 atom stereocenters. The highest BCUT2D eigenvalue weighted by molar-refractivity contribution is 9.10. The van der Waals surface area contributed by atoms with Gasteiger partial charge in [0.2, 0.25) is 0 Å². The zero-order valence-corrected chi connectivity index (χ0v) is 12.5. The van der Waals surface area contributed by atoms with Crippen LogP contribution in [0.25, 0.3) is 0 Å². The summed E-state index contributed by atoms with van der Waals surface area (Å²) >= 11 is 3.36. The van der Waals surface area contributed by atoms with E-state index >= 15 is 0 Å². The van der Waals surface area contributed by atoms with E-state index in [4.69, 9.17) is 4.74 Å². The number of hydrogen-bond acceptors (Lipinski definition) is 3. The van der Waals surface area contributed by atoms with Gasteiger partial charge in [0.05, 0.1) is 0 Å². The number of nitrogens with zero attached hydrogens (tertiary/aromatic N) is 3. The first-order valence-electron chi connectivity index (χ1n) is 6.04. The summed E-state index contributed by atoms with van der Waals surface area (Å²) in [4.78, 5) is 18.1. The fourth-order valence-electron chi connectivity index (χ4n) is 1.90. The lowest BCUT2D eigenvalue weighted by Gasteiger charge is -2.26. The Morgan fingerprint density at radius 1 is 1.39 bits per heavy atom. The fraction of sp³-hybridized carbons (Fsp3) is 0.667. The van der Waals surface area contributed by atoms with Crippen molar-refractivity contribution in [1.29, 1.82) is 0 Å². The van der Waals surface area contributed by atoms with Gasteiger partial charge >= 0.3 is 6.09 Å². The summed E-state index contributed by atoms with van der Waals surface area (Å²) in [5, 5.41) is 0. The second-order valence-electron chi connectivity index (χ2n) is 5.39. The van der Waals surface area contributed by atoms with E-state index < -0.39 is 5.60 Å². The molecule has 1 aromatic rings. The molecule has 0 aromatic carbocycles. The van der Waals surface area contributed by atoms with Gasteiger partial charge in [-0.3, -0.25) is 0 Å². The first kappa shape index (κ1) is 13.4. The molecule has 5 nitrogen and oxygen atoms in total. The first-order chi connectivity index (χ1) is 8.35. The Balaban J connectivity index is 2.00. The van der Waals surface area contributed by atoms with E-state index in [9.17, 15) is 4.79 Å². The van der Waals surface area contributed by atoms with Crippen molar-refractivity contribution >= 4 is 22.0 Å². The van der Waals surface area contributed by atoms with Crippen molar-refractivity contribution in [2.45, 2.75) is 39.3 Å². The maximum atomic E-state index is 12.0. The summed E-state index contributed by atoms with van der Waals surface area (Å²) in [6, 6.07) is 0. The third-order valence-corrected chi connectivity index (χ3v) is 3.08. The van der Waals surface area contributed by atoms with Crippen molar-refractivity contribution in [3.05, 3.63) is 16.6 Å². The second-order valence-corrected chi connectivity index (χ2v) is 6.20. The molecule has 0 aliphatic carbocycles. The normalized spacial score (nSPS) is 16.1. The lowest BCUT2D eigenvalue weighted by Crippen LogP contribution is -2.38. The third kappa shape index (κ3) is 3.25. The first-order valence-corrected chi connectivity index (χ1v) is 6.84. The van der Waals surface area contributed by atoms with Gasteiger partial charge in [0, 0.05) is 32.3 Å². The van der Waals surface area contributed by atoms with E-state index in [1.165, 1.54) is 0 Å². The van der Waals surface area contributed by atoms with Crippen molar-refractivity contribution in [1.82, 2.24) is 14.5 Å². The molecule has 100 valence electrons. The maximum Gasteiger partial charge on any atom is 0.410 e. The van der Waals surface area contributed by atoms with Gasteiger partial charge in [-0.2, -0.15) is 0 Å². The van der Waals surface area contributed by atoms with Crippen LogP contribution in [0.5, 0.6) is 0 Å². The molecule has 0 spiro atoms. The summed E-state index contributed by atoms with van der Waals surface area (Å²) in [5.41, 5.74) is -0.444. The highest BCUT2D eigenvalue weighted by Crippen LogP contribution is 2.16. The molecule has 1 amide bonds. The lowest BCUT2D eigenvalue weighted by atomic mass is 10.2. The SMILES string of the molecule is CC(C)(C)OC(=O)N1CCc2nc(Br)cn2CC1. The van der Waals surface area contributed by atoms with Crippen molar-refractivity contribution < 1.29 is 9.53 Å². The Morgan fingerprint density at radius 3 is 2.78 bits per heavy atom. The van der Waals surface area contributed by atoms with Gasteiger partial charge in [0.1, 0.15) is 16.0 Å². The summed E-state index contributed by atoms with van der Waals surface area (Å²) < 4.78 is 8.31. The molecule has 1 aliphatic heterocycles. The van der Waals surface area contributed by atoms with Crippen LogP contribution in [0.4, 0.5) is 4.79 Å². The van der Waals surface area contributed by atoms with Gasteiger partial charge in [-0.1, -0.05) is 0 Å². The molecule has 1 aliphatic rings. The van der Waals surface area contributed by atoms with Crippen LogP contribution < -0.4 is 0 Å². The van der Waals surface area contributed by atoms with Crippen LogP contribution in [0.1, 0.15) is 26.6 Å². The van der Waals surface area contributed by atoms with Gasteiger partial charge < -0.3 is 14.2 Å². The Hall–Kier alpha value is -1.04. The summed E-state index contributed by atoms with van der Waals surface area (Å²) in [5.74, 6) is 1.01. The molecule has 2 rings (SSSR count). The van der Waals surface area contributed by atoms with Gasteiger partial charge in [-0.15, -0.1) is 0 Å². The Morgan fingerprint density at radius 2 is 2.11 bits per heavy atom. The molecule has 18 heavy (non-hydrogen) atoms. The minimum Gasteiger partial charge on any atom is -0.444 e. The molecule has 0 N–H and O–H groups in total. The molecule has 1 aromatic heterocycles. The lowest BCUT2D eigenvalue weighted by molar-refractivity contribution is 0.0254. The predicted octanol–water partition coefficient (Wildman–Crippen LogP) is 2.44. The number of rotatable bonds is 0. The Labute approximate surface area is 115 Å². The van der Waals surface area contributed by atoms with Crippen molar-refractivity contribution in [3.8, 4) is 0 Å². The molecule has 0 saturated carbocycles. The minimum atomic E-state index is -0.444. The van der Waals surface area contributed by atoms with Gasteiger partial charge in [0.15, 0.2) is 0 Å². The molecule has 0 bridgehead atoms. The molecular weight excluding hydrogens is 298 g/mol. The smallest absolute Gasteiger partial charge is 0.410 e. The van der Waals surface area contributed by atoms with Gasteiger partial charge in [-0.05, 0) is 36.7 Å². The number of ether oxygens (including phenoxy) is 1. The van der Waals surface area contributed by atoms with Gasteiger partial charge in [-0.25, -0.2) is 9.78 Å². The van der Waals surface area contributed by atoms with E-state index in [1.54, 1.807) is 4.90 Å². The molecular formula is C12H18BrN3O2. The van der Waals surface area contributed by atoms with E-state index in [2.05, 4.69) is 25.5 Å². The number of imidazole rings is 1. The summed E-state index contributed by atoms with van der Waals surface area (Å²) in [6.45, 7) is 7.71. The number of aromatic nitrogens is 2. The highest BCUT2D eigenvalue weighted by atomic mass is 79.9. The minimum absolute atomic E-state index is 0.243. The number of fused-ring (bicyclic) bond motifs is 1. The molecule has 0 saturated heterocycles. The van der Waals surface area contributed by atoms with Crippen LogP contribution in [0, 0.1) is 0 Å². The standard InChI is InChI=1S/C12H18BrN3O2/c1-12(2,3)18-11(17)15-5-4-10-14-9(13)8-16(10)7-6-15/h8H,4-7H2,1-3H3. The summed E-state index contributed by atoms with van der Waals surface area (Å²) in [7, 11) is 0. The quantitative estimate of drug-likeness (QED) is 0.738. The van der Waals surface area contributed by atoms with Crippen LogP contribution in [-0.2, 0) is 17.7 Å². The second kappa shape index (κ2) is 4.91. The fourth-order valence-corrected chi connectivity index (χ4v) is 2.35. The number of halogens is 1. The number of amides is 1. The number of hydrogen-bond donors (Lipinski definition) is 0. The number of carbonyl (C=O) groups is 1. The third-order valence-electron chi connectivity index (χ3n) is 2.70. The maximum absolute atomic E-state index is 12.0. The molecule has 6 heteroatoms. The average molecular weight is 316 g/mol. The molecule has 0 fully saturated rings. The van der Waals surface area contributed by atoms with Gasteiger partial charge in [0.25, 0.3) is 0 Å². The number of carbonyl (C=O) groups excluding carboxylic acids is 1. The Kier molecular flexibility index (Phi) is 3.66. The van der Waals surface area contributed by atoms with Crippen molar-refractivity contribution in [3.63, 3.8) is 0 Å². The van der Waals surface area contributed by atoms with E-state index in [0.717, 1.165) is 23.4 Å².